The fourth-order valence-corrected chi connectivity index (χ4v) is 1.81. The molecule has 0 radical (unpaired) electrons. The van der Waals surface area contributed by atoms with E-state index in [9.17, 15) is 0 Å². The van der Waals surface area contributed by atoms with Crippen LogP contribution in [0, 0.1) is 0 Å². The normalized spacial score (nSPS) is 11.1. The molecule has 2 rings (SSSR count). The van der Waals surface area contributed by atoms with Gasteiger partial charge in [-0.2, -0.15) is 0 Å². The summed E-state index contributed by atoms with van der Waals surface area (Å²) in [6.45, 7) is 3.95. The second-order valence-electron chi connectivity index (χ2n) is 3.77. The van der Waals surface area contributed by atoms with Crippen molar-refractivity contribution in [2.75, 3.05) is 0 Å². The van der Waals surface area contributed by atoms with E-state index in [0.29, 0.717) is 10.0 Å². The van der Waals surface area contributed by atoms with E-state index in [2.05, 4.69) is 4.98 Å². The summed E-state index contributed by atoms with van der Waals surface area (Å²) < 4.78 is 5.59. The smallest absolute Gasteiger partial charge is 0.120 e. The third-order valence-electron chi connectivity index (χ3n) is 2.10. The molecule has 0 atom stereocenters. The molecule has 2 aromatic rings. The minimum Gasteiger partial charge on any atom is -0.491 e. The number of hydrogen-bond donors (Lipinski definition) is 0. The van der Waals surface area contributed by atoms with Crippen LogP contribution in [0.25, 0.3) is 10.9 Å². The summed E-state index contributed by atoms with van der Waals surface area (Å²) >= 11 is 12.0. The third-order valence-corrected chi connectivity index (χ3v) is 2.89. The highest BCUT2D eigenvalue weighted by Crippen LogP contribution is 2.31. The number of pyridine rings is 1. The van der Waals surface area contributed by atoms with Crippen molar-refractivity contribution in [2.45, 2.75) is 20.0 Å². The molecule has 0 aliphatic carbocycles. The van der Waals surface area contributed by atoms with Crippen molar-refractivity contribution in [3.05, 3.63) is 34.4 Å². The van der Waals surface area contributed by atoms with Crippen LogP contribution in [0.5, 0.6) is 5.75 Å². The second-order valence-corrected chi connectivity index (χ2v) is 4.55. The molecule has 0 saturated carbocycles. The van der Waals surface area contributed by atoms with E-state index < -0.39 is 0 Å². The van der Waals surface area contributed by atoms with E-state index in [0.717, 1.165) is 16.7 Å². The van der Waals surface area contributed by atoms with Gasteiger partial charge in [0.15, 0.2) is 0 Å². The van der Waals surface area contributed by atoms with Gasteiger partial charge in [-0.1, -0.05) is 23.2 Å². The standard InChI is InChI=1S/C12H11Cl2NO/c1-7(2)16-8-3-4-11-9(5-8)12(14)10(13)6-15-11/h3-7H,1-2H3. The van der Waals surface area contributed by atoms with Gasteiger partial charge in [0.05, 0.1) is 21.7 Å². The van der Waals surface area contributed by atoms with Crippen LogP contribution < -0.4 is 4.74 Å². The summed E-state index contributed by atoms with van der Waals surface area (Å²) in [5, 5.41) is 1.78. The van der Waals surface area contributed by atoms with Crippen molar-refractivity contribution in [3.63, 3.8) is 0 Å². The van der Waals surface area contributed by atoms with Crippen molar-refractivity contribution in [1.29, 1.82) is 0 Å². The summed E-state index contributed by atoms with van der Waals surface area (Å²) in [4.78, 5) is 4.19. The number of nitrogens with zero attached hydrogens (tertiary/aromatic N) is 1. The Hall–Kier alpha value is -0.990. The summed E-state index contributed by atoms with van der Waals surface area (Å²) in [5.74, 6) is 0.772. The maximum Gasteiger partial charge on any atom is 0.120 e. The summed E-state index contributed by atoms with van der Waals surface area (Å²) in [6.07, 6.45) is 1.68. The summed E-state index contributed by atoms with van der Waals surface area (Å²) in [7, 11) is 0. The monoisotopic (exact) mass is 255 g/mol. The van der Waals surface area contributed by atoms with Crippen molar-refractivity contribution in [1.82, 2.24) is 4.98 Å². The fraction of sp³-hybridized carbons (Fsp3) is 0.250. The number of halogens is 2. The summed E-state index contributed by atoms with van der Waals surface area (Å²) in [5.41, 5.74) is 0.811. The lowest BCUT2D eigenvalue weighted by Crippen LogP contribution is -2.05. The molecule has 0 amide bonds. The van der Waals surface area contributed by atoms with Crippen LogP contribution in [-0.2, 0) is 0 Å². The Bertz CT molecular complexity index is 526. The SMILES string of the molecule is CC(C)Oc1ccc2ncc(Cl)c(Cl)c2c1. The Morgan fingerprint density at radius 2 is 2.00 bits per heavy atom. The third kappa shape index (κ3) is 2.23. The largest absolute Gasteiger partial charge is 0.491 e. The van der Waals surface area contributed by atoms with Gasteiger partial charge < -0.3 is 4.74 Å². The first-order valence-corrected chi connectivity index (χ1v) is 5.74. The lowest BCUT2D eigenvalue weighted by Gasteiger charge is -2.10. The van der Waals surface area contributed by atoms with Gasteiger partial charge in [-0.05, 0) is 32.0 Å². The van der Waals surface area contributed by atoms with Crippen molar-refractivity contribution in [3.8, 4) is 5.75 Å². The Labute approximate surface area is 104 Å². The molecule has 0 aliphatic rings. The molecule has 1 heterocycles. The van der Waals surface area contributed by atoms with Crippen LogP contribution >= 0.6 is 23.2 Å². The predicted octanol–water partition coefficient (Wildman–Crippen LogP) is 4.33. The van der Waals surface area contributed by atoms with Crippen LogP contribution in [0.1, 0.15) is 13.8 Å². The van der Waals surface area contributed by atoms with E-state index in [1.54, 1.807) is 6.20 Å². The van der Waals surface area contributed by atoms with Gasteiger partial charge in [0.25, 0.3) is 0 Å². The Morgan fingerprint density at radius 1 is 1.25 bits per heavy atom. The number of fused-ring (bicyclic) bond motifs is 1. The molecule has 0 aliphatic heterocycles. The van der Waals surface area contributed by atoms with E-state index in [1.165, 1.54) is 0 Å². The van der Waals surface area contributed by atoms with Crippen molar-refractivity contribution in [2.24, 2.45) is 0 Å². The number of hydrogen-bond acceptors (Lipinski definition) is 2. The average molecular weight is 256 g/mol. The van der Waals surface area contributed by atoms with E-state index in [4.69, 9.17) is 27.9 Å². The molecule has 0 N–H and O–H groups in total. The zero-order chi connectivity index (χ0) is 11.7. The molecule has 0 bridgehead atoms. The first-order valence-electron chi connectivity index (χ1n) is 4.98. The Kier molecular flexibility index (Phi) is 3.22. The number of benzene rings is 1. The molecule has 0 unspecified atom stereocenters. The maximum absolute atomic E-state index is 6.11. The van der Waals surface area contributed by atoms with Gasteiger partial charge in [0.2, 0.25) is 0 Å². The van der Waals surface area contributed by atoms with Gasteiger partial charge in [-0.25, -0.2) is 0 Å². The Morgan fingerprint density at radius 3 is 2.69 bits per heavy atom. The van der Waals surface area contributed by atoms with Crippen molar-refractivity contribution < 1.29 is 4.74 Å². The molecule has 0 spiro atoms. The van der Waals surface area contributed by atoms with Crippen LogP contribution in [0.15, 0.2) is 24.4 Å². The Balaban J connectivity index is 2.55. The first-order chi connectivity index (χ1) is 7.58. The van der Waals surface area contributed by atoms with Crippen LogP contribution in [0.2, 0.25) is 10.0 Å². The molecular formula is C12H11Cl2NO. The highest BCUT2D eigenvalue weighted by Gasteiger charge is 2.07. The highest BCUT2D eigenvalue weighted by atomic mass is 35.5. The van der Waals surface area contributed by atoms with E-state index in [1.807, 2.05) is 32.0 Å². The fourth-order valence-electron chi connectivity index (χ4n) is 1.46. The zero-order valence-electron chi connectivity index (χ0n) is 9.00. The molecule has 0 saturated heterocycles. The first kappa shape index (κ1) is 11.5. The average Bonchev–Trinajstić information content (AvgIpc) is 2.23. The van der Waals surface area contributed by atoms with E-state index in [-0.39, 0.29) is 6.10 Å². The number of rotatable bonds is 2. The lowest BCUT2D eigenvalue weighted by molar-refractivity contribution is 0.243. The number of ether oxygens (including phenoxy) is 1. The topological polar surface area (TPSA) is 22.1 Å². The van der Waals surface area contributed by atoms with Crippen LogP contribution in [0.3, 0.4) is 0 Å². The molecule has 0 fully saturated rings. The minimum absolute atomic E-state index is 0.128. The molecule has 84 valence electrons. The molecule has 4 heteroatoms. The van der Waals surface area contributed by atoms with E-state index >= 15 is 0 Å². The second kappa shape index (κ2) is 4.48. The van der Waals surface area contributed by atoms with Gasteiger partial charge in [0.1, 0.15) is 5.75 Å². The maximum atomic E-state index is 6.11. The zero-order valence-corrected chi connectivity index (χ0v) is 10.5. The van der Waals surface area contributed by atoms with Crippen molar-refractivity contribution >= 4 is 34.1 Å². The molecule has 1 aromatic heterocycles. The predicted molar refractivity (Wildman–Crippen MR) is 67.5 cm³/mol. The quantitative estimate of drug-likeness (QED) is 0.797. The molecule has 16 heavy (non-hydrogen) atoms. The number of aromatic nitrogens is 1. The molecule has 1 aromatic carbocycles. The minimum atomic E-state index is 0.128. The summed E-state index contributed by atoms with van der Waals surface area (Å²) in [6, 6.07) is 5.60. The van der Waals surface area contributed by atoms with Crippen LogP contribution in [-0.4, -0.2) is 11.1 Å². The van der Waals surface area contributed by atoms with Crippen LogP contribution in [0.4, 0.5) is 0 Å². The van der Waals surface area contributed by atoms with Gasteiger partial charge in [0, 0.05) is 11.6 Å². The lowest BCUT2D eigenvalue weighted by atomic mass is 10.2. The molecule has 2 nitrogen and oxygen atoms in total. The van der Waals surface area contributed by atoms with Gasteiger partial charge in [-0.15, -0.1) is 0 Å². The highest BCUT2D eigenvalue weighted by molar-refractivity contribution is 6.45. The van der Waals surface area contributed by atoms with Gasteiger partial charge >= 0.3 is 0 Å². The van der Waals surface area contributed by atoms with Gasteiger partial charge in [-0.3, -0.25) is 4.98 Å². The molecular weight excluding hydrogens is 245 g/mol.